The van der Waals surface area contributed by atoms with E-state index >= 15 is 0 Å². The molecule has 3 fully saturated rings. The first-order chi connectivity index (χ1) is 15.1. The molecule has 0 spiro atoms. The van der Waals surface area contributed by atoms with E-state index in [9.17, 15) is 9.90 Å². The Labute approximate surface area is 179 Å². The van der Waals surface area contributed by atoms with E-state index in [0.717, 1.165) is 17.9 Å². The van der Waals surface area contributed by atoms with Crippen molar-refractivity contribution in [3.05, 3.63) is 47.5 Å². The quantitative estimate of drug-likeness (QED) is 0.405. The van der Waals surface area contributed by atoms with Gasteiger partial charge in [-0.25, -0.2) is 0 Å². The highest BCUT2D eigenvalue weighted by atomic mass is 16.6. The van der Waals surface area contributed by atoms with Crippen LogP contribution in [0.1, 0.15) is 15.9 Å². The minimum atomic E-state index is -0.249. The molecular formula is C23H24O8. The first-order valence-electron chi connectivity index (χ1n) is 10.4. The number of aromatic hydroxyl groups is 1. The summed E-state index contributed by atoms with van der Waals surface area (Å²) >= 11 is 0. The summed E-state index contributed by atoms with van der Waals surface area (Å²) in [6.45, 7) is 3.27. The Morgan fingerprint density at radius 3 is 1.97 bits per heavy atom. The highest BCUT2D eigenvalue weighted by Crippen LogP contribution is 2.35. The third-order valence-electron chi connectivity index (χ3n) is 5.13. The van der Waals surface area contributed by atoms with Crippen LogP contribution in [-0.4, -0.2) is 68.8 Å². The Balaban J connectivity index is 1.28. The van der Waals surface area contributed by atoms with Crippen LogP contribution in [0.4, 0.5) is 0 Å². The van der Waals surface area contributed by atoms with Gasteiger partial charge in [0.05, 0.1) is 19.8 Å². The molecule has 8 heteroatoms. The van der Waals surface area contributed by atoms with E-state index < -0.39 is 0 Å². The van der Waals surface area contributed by atoms with Crippen molar-refractivity contribution in [2.45, 2.75) is 24.7 Å². The summed E-state index contributed by atoms with van der Waals surface area (Å²) in [5.74, 6) is 1.02. The van der Waals surface area contributed by atoms with Crippen molar-refractivity contribution in [1.82, 2.24) is 0 Å². The standard InChI is InChI=1S/C23H24O8/c24-20(5-14-1-3-15(4-2-14)26-8-17-10-28-17)23-21(25)6-16(27-9-18-11-29-18)7-22(23)31-13-19-12-30-19/h1-4,6-7,17-19,25H,5,8-13H2. The summed E-state index contributed by atoms with van der Waals surface area (Å²) in [5.41, 5.74) is 0.948. The molecule has 0 bridgehead atoms. The highest BCUT2D eigenvalue weighted by molar-refractivity contribution is 6.02. The minimum absolute atomic E-state index is 0.0168. The number of rotatable bonds is 12. The van der Waals surface area contributed by atoms with Gasteiger partial charge < -0.3 is 33.5 Å². The Bertz CT molecular complexity index is 929. The third kappa shape index (κ3) is 5.66. The van der Waals surface area contributed by atoms with Gasteiger partial charge in [0.2, 0.25) is 0 Å². The molecule has 8 nitrogen and oxygen atoms in total. The Kier molecular flexibility index (Phi) is 5.67. The van der Waals surface area contributed by atoms with Gasteiger partial charge >= 0.3 is 0 Å². The zero-order valence-corrected chi connectivity index (χ0v) is 17.0. The van der Waals surface area contributed by atoms with E-state index in [4.69, 9.17) is 28.4 Å². The second-order valence-corrected chi connectivity index (χ2v) is 7.86. The predicted octanol–water partition coefficient (Wildman–Crippen LogP) is 2.15. The van der Waals surface area contributed by atoms with Crippen LogP contribution in [0.25, 0.3) is 0 Å². The topological polar surface area (TPSA) is 103 Å². The molecule has 3 saturated heterocycles. The van der Waals surface area contributed by atoms with Crippen molar-refractivity contribution in [1.29, 1.82) is 0 Å². The number of ketones is 1. The molecule has 5 rings (SSSR count). The van der Waals surface area contributed by atoms with Crippen LogP contribution in [0.15, 0.2) is 36.4 Å². The number of phenolic OH excluding ortho intramolecular Hbond substituents is 1. The van der Waals surface area contributed by atoms with E-state index in [0.29, 0.717) is 38.8 Å². The molecule has 3 unspecified atom stereocenters. The van der Waals surface area contributed by atoms with Crippen LogP contribution >= 0.6 is 0 Å². The fraction of sp³-hybridized carbons (Fsp3) is 0.435. The largest absolute Gasteiger partial charge is 0.507 e. The van der Waals surface area contributed by atoms with Crippen LogP contribution in [0, 0.1) is 0 Å². The fourth-order valence-electron chi connectivity index (χ4n) is 3.08. The molecule has 3 atom stereocenters. The molecular weight excluding hydrogens is 404 g/mol. The summed E-state index contributed by atoms with van der Waals surface area (Å²) in [6, 6.07) is 10.4. The minimum Gasteiger partial charge on any atom is -0.507 e. The van der Waals surface area contributed by atoms with Gasteiger partial charge in [0.15, 0.2) is 5.78 Å². The maximum Gasteiger partial charge on any atom is 0.174 e. The number of phenols is 1. The van der Waals surface area contributed by atoms with Gasteiger partial charge in [-0.2, -0.15) is 0 Å². The molecule has 1 N–H and O–H groups in total. The number of hydrogen-bond donors (Lipinski definition) is 1. The lowest BCUT2D eigenvalue weighted by molar-refractivity contribution is 0.0985. The number of carbonyl (C=O) groups is 1. The Morgan fingerprint density at radius 1 is 0.839 bits per heavy atom. The molecule has 0 saturated carbocycles. The van der Waals surface area contributed by atoms with E-state index in [2.05, 4.69) is 0 Å². The zero-order chi connectivity index (χ0) is 21.2. The number of carbonyl (C=O) groups excluding carboxylic acids is 1. The average Bonchev–Trinajstić information content (AvgIpc) is 3.63. The summed E-state index contributed by atoms with van der Waals surface area (Å²) < 4.78 is 32.5. The molecule has 3 aliphatic rings. The molecule has 31 heavy (non-hydrogen) atoms. The summed E-state index contributed by atoms with van der Waals surface area (Å²) in [7, 11) is 0. The van der Waals surface area contributed by atoms with Gasteiger partial charge in [0.25, 0.3) is 0 Å². The van der Waals surface area contributed by atoms with Crippen LogP contribution in [-0.2, 0) is 20.6 Å². The maximum absolute atomic E-state index is 13.0. The number of epoxide rings is 3. The van der Waals surface area contributed by atoms with Gasteiger partial charge in [-0.1, -0.05) is 12.1 Å². The van der Waals surface area contributed by atoms with E-state index in [1.807, 2.05) is 24.3 Å². The number of benzene rings is 2. The lowest BCUT2D eigenvalue weighted by Crippen LogP contribution is -2.12. The first kappa shape index (κ1) is 20.1. The molecule has 2 aromatic rings. The summed E-state index contributed by atoms with van der Waals surface area (Å²) in [4.78, 5) is 13.0. The van der Waals surface area contributed by atoms with Crippen LogP contribution in [0.5, 0.6) is 23.0 Å². The summed E-state index contributed by atoms with van der Waals surface area (Å²) in [5, 5.41) is 10.6. The molecule has 2 aromatic carbocycles. The van der Waals surface area contributed by atoms with Crippen molar-refractivity contribution in [2.75, 3.05) is 39.6 Å². The third-order valence-corrected chi connectivity index (χ3v) is 5.13. The SMILES string of the molecule is O=C(Cc1ccc(OCC2CO2)cc1)c1c(O)cc(OCC2CO2)cc1OCC1CO1. The van der Waals surface area contributed by atoms with Crippen LogP contribution in [0.3, 0.4) is 0 Å². The lowest BCUT2D eigenvalue weighted by Gasteiger charge is -2.15. The molecule has 0 radical (unpaired) electrons. The zero-order valence-electron chi connectivity index (χ0n) is 17.0. The van der Waals surface area contributed by atoms with E-state index in [-0.39, 0.29) is 47.6 Å². The maximum atomic E-state index is 13.0. The fourth-order valence-corrected chi connectivity index (χ4v) is 3.08. The van der Waals surface area contributed by atoms with Crippen molar-refractivity contribution in [2.24, 2.45) is 0 Å². The molecule has 3 aliphatic heterocycles. The second-order valence-electron chi connectivity index (χ2n) is 7.86. The lowest BCUT2D eigenvalue weighted by atomic mass is 10.0. The molecule has 0 aliphatic carbocycles. The first-order valence-corrected chi connectivity index (χ1v) is 10.4. The van der Waals surface area contributed by atoms with Crippen molar-refractivity contribution in [3.8, 4) is 23.0 Å². The average molecular weight is 428 g/mol. The van der Waals surface area contributed by atoms with Crippen molar-refractivity contribution >= 4 is 5.78 Å². The molecule has 3 heterocycles. The van der Waals surface area contributed by atoms with Crippen molar-refractivity contribution < 1.29 is 38.3 Å². The Hall–Kier alpha value is -2.81. The molecule has 0 amide bonds. The van der Waals surface area contributed by atoms with Gasteiger partial charge in [-0.3, -0.25) is 4.79 Å². The normalized spacial score (nSPS) is 23.2. The smallest absolute Gasteiger partial charge is 0.174 e. The van der Waals surface area contributed by atoms with E-state index in [1.165, 1.54) is 6.07 Å². The van der Waals surface area contributed by atoms with Gasteiger partial charge in [-0.15, -0.1) is 0 Å². The van der Waals surface area contributed by atoms with Gasteiger partial charge in [0.1, 0.15) is 66.7 Å². The van der Waals surface area contributed by atoms with Crippen LogP contribution in [0.2, 0.25) is 0 Å². The number of hydrogen-bond acceptors (Lipinski definition) is 8. The van der Waals surface area contributed by atoms with E-state index in [1.54, 1.807) is 6.07 Å². The molecule has 0 aromatic heterocycles. The van der Waals surface area contributed by atoms with Gasteiger partial charge in [-0.05, 0) is 17.7 Å². The number of Topliss-reactive ketones (excluding diaryl/α,β-unsaturated/α-hetero) is 1. The highest BCUT2D eigenvalue weighted by Gasteiger charge is 2.27. The predicted molar refractivity (Wildman–Crippen MR) is 108 cm³/mol. The Morgan fingerprint density at radius 2 is 1.39 bits per heavy atom. The molecule has 164 valence electrons. The second kappa shape index (κ2) is 8.74. The number of ether oxygens (including phenoxy) is 6. The van der Waals surface area contributed by atoms with Crippen LogP contribution < -0.4 is 14.2 Å². The monoisotopic (exact) mass is 428 g/mol. The summed E-state index contributed by atoms with van der Waals surface area (Å²) in [6.07, 6.45) is 0.401. The van der Waals surface area contributed by atoms with Crippen molar-refractivity contribution in [3.63, 3.8) is 0 Å². The van der Waals surface area contributed by atoms with Gasteiger partial charge in [0, 0.05) is 18.6 Å².